The number of aromatic nitrogens is 1. The second kappa shape index (κ2) is 5.77. The Balaban J connectivity index is 0.00000133. The molecule has 2 N–H and O–H groups in total. The Morgan fingerprint density at radius 1 is 1.58 bits per heavy atom. The molecule has 1 aliphatic carbocycles. The van der Waals surface area contributed by atoms with E-state index in [1.54, 1.807) is 11.3 Å². The lowest BCUT2D eigenvalue weighted by Crippen LogP contribution is -2.46. The van der Waals surface area contributed by atoms with E-state index in [0.717, 1.165) is 36.8 Å². The van der Waals surface area contributed by atoms with Crippen LogP contribution in [0.15, 0.2) is 5.38 Å². The van der Waals surface area contributed by atoms with Crippen LogP contribution < -0.4 is 10.6 Å². The highest BCUT2D eigenvalue weighted by molar-refractivity contribution is 7.13. The Bertz CT molecular complexity index is 452. The number of rotatable bonds is 3. The zero-order valence-electron chi connectivity index (χ0n) is 11.1. The first kappa shape index (κ1) is 14.8. The highest BCUT2D eigenvalue weighted by Crippen LogP contribution is 2.41. The molecule has 0 spiro atoms. The van der Waals surface area contributed by atoms with Crippen LogP contribution >= 0.6 is 23.7 Å². The summed E-state index contributed by atoms with van der Waals surface area (Å²) in [5, 5.41) is 9.12. The number of carbonyl (C=O) groups excluding carboxylic acids is 1. The van der Waals surface area contributed by atoms with Gasteiger partial charge in [0.15, 0.2) is 5.13 Å². The second-order valence-corrected chi connectivity index (χ2v) is 6.51. The Hall–Kier alpha value is -0.650. The van der Waals surface area contributed by atoms with Crippen molar-refractivity contribution in [3.63, 3.8) is 0 Å². The quantitative estimate of drug-likeness (QED) is 0.902. The van der Waals surface area contributed by atoms with Crippen LogP contribution in [0.2, 0.25) is 0 Å². The third kappa shape index (κ3) is 3.27. The lowest BCUT2D eigenvalue weighted by Gasteiger charge is -2.32. The van der Waals surface area contributed by atoms with Gasteiger partial charge in [-0.15, -0.1) is 23.7 Å². The lowest BCUT2D eigenvalue weighted by atomic mass is 9.82. The number of thiazole rings is 1. The van der Waals surface area contributed by atoms with Crippen LogP contribution in [-0.2, 0) is 4.79 Å². The minimum absolute atomic E-state index is 0. The van der Waals surface area contributed by atoms with Gasteiger partial charge in [0.1, 0.15) is 0 Å². The van der Waals surface area contributed by atoms with Gasteiger partial charge in [-0.25, -0.2) is 4.98 Å². The van der Waals surface area contributed by atoms with E-state index in [4.69, 9.17) is 0 Å². The third-order valence-electron chi connectivity index (χ3n) is 3.88. The van der Waals surface area contributed by atoms with Gasteiger partial charge in [0, 0.05) is 17.8 Å². The molecule has 1 amide bonds. The van der Waals surface area contributed by atoms with Crippen molar-refractivity contribution < 1.29 is 4.79 Å². The molecule has 1 atom stereocenters. The summed E-state index contributed by atoms with van der Waals surface area (Å²) in [6.07, 6.45) is 4.51. The van der Waals surface area contributed by atoms with Crippen molar-refractivity contribution in [2.45, 2.75) is 38.5 Å². The molecular formula is C13H20ClN3OS. The van der Waals surface area contributed by atoms with Gasteiger partial charge in [0.05, 0.1) is 11.1 Å². The molecule has 3 rings (SSSR count). The van der Waals surface area contributed by atoms with Crippen molar-refractivity contribution in [2.75, 3.05) is 18.4 Å². The molecule has 0 radical (unpaired) electrons. The smallest absolute Gasteiger partial charge is 0.233 e. The SMILES string of the molecule is CC1(C(=O)Nc2nc(C3CC3)cs2)CCCNC1.Cl. The van der Waals surface area contributed by atoms with Gasteiger partial charge in [-0.3, -0.25) is 4.79 Å². The zero-order valence-corrected chi connectivity index (χ0v) is 12.7. The number of halogens is 1. The molecule has 0 aromatic carbocycles. The molecule has 1 aliphatic heterocycles. The Morgan fingerprint density at radius 3 is 3.00 bits per heavy atom. The fourth-order valence-corrected chi connectivity index (χ4v) is 3.20. The van der Waals surface area contributed by atoms with Crippen molar-refractivity contribution in [2.24, 2.45) is 5.41 Å². The van der Waals surface area contributed by atoms with Gasteiger partial charge in [-0.2, -0.15) is 0 Å². The van der Waals surface area contributed by atoms with E-state index in [2.05, 4.69) is 21.0 Å². The maximum atomic E-state index is 12.3. The first-order chi connectivity index (χ1) is 8.67. The molecule has 1 saturated heterocycles. The molecule has 6 heteroatoms. The number of hydrogen-bond donors (Lipinski definition) is 2. The largest absolute Gasteiger partial charge is 0.316 e. The van der Waals surface area contributed by atoms with E-state index in [9.17, 15) is 4.79 Å². The highest BCUT2D eigenvalue weighted by Gasteiger charge is 2.35. The van der Waals surface area contributed by atoms with E-state index in [1.165, 1.54) is 12.8 Å². The van der Waals surface area contributed by atoms with Crippen molar-refractivity contribution in [1.82, 2.24) is 10.3 Å². The van der Waals surface area contributed by atoms with Crippen LogP contribution in [-0.4, -0.2) is 24.0 Å². The summed E-state index contributed by atoms with van der Waals surface area (Å²) >= 11 is 1.55. The van der Waals surface area contributed by atoms with Crippen molar-refractivity contribution in [3.05, 3.63) is 11.1 Å². The monoisotopic (exact) mass is 301 g/mol. The van der Waals surface area contributed by atoms with Crippen LogP contribution in [0.25, 0.3) is 0 Å². The highest BCUT2D eigenvalue weighted by atomic mass is 35.5. The van der Waals surface area contributed by atoms with Gasteiger partial charge in [-0.1, -0.05) is 0 Å². The Labute approximate surface area is 123 Å². The lowest BCUT2D eigenvalue weighted by molar-refractivity contribution is -0.125. The van der Waals surface area contributed by atoms with E-state index < -0.39 is 0 Å². The maximum Gasteiger partial charge on any atom is 0.233 e. The summed E-state index contributed by atoms with van der Waals surface area (Å²) in [7, 11) is 0. The van der Waals surface area contributed by atoms with Crippen LogP contribution in [0.5, 0.6) is 0 Å². The number of amides is 1. The summed E-state index contributed by atoms with van der Waals surface area (Å²) in [5.74, 6) is 0.755. The van der Waals surface area contributed by atoms with Crippen molar-refractivity contribution in [1.29, 1.82) is 0 Å². The van der Waals surface area contributed by atoms with Gasteiger partial charge in [-0.05, 0) is 39.2 Å². The molecule has 106 valence electrons. The van der Waals surface area contributed by atoms with Gasteiger partial charge < -0.3 is 10.6 Å². The van der Waals surface area contributed by atoms with E-state index in [-0.39, 0.29) is 23.7 Å². The van der Waals surface area contributed by atoms with E-state index in [1.807, 2.05) is 6.92 Å². The van der Waals surface area contributed by atoms with E-state index in [0.29, 0.717) is 5.92 Å². The molecule has 4 nitrogen and oxygen atoms in total. The zero-order chi connectivity index (χ0) is 12.6. The Kier molecular flexibility index (Phi) is 4.48. The fourth-order valence-electron chi connectivity index (χ4n) is 2.41. The second-order valence-electron chi connectivity index (χ2n) is 5.65. The maximum absolute atomic E-state index is 12.3. The number of carbonyl (C=O) groups is 1. The van der Waals surface area contributed by atoms with Crippen LogP contribution in [0.4, 0.5) is 5.13 Å². The van der Waals surface area contributed by atoms with Gasteiger partial charge in [0.2, 0.25) is 5.91 Å². The average molecular weight is 302 g/mol. The number of piperidine rings is 1. The number of anilines is 1. The number of nitrogens with zero attached hydrogens (tertiary/aromatic N) is 1. The normalized spacial score (nSPS) is 26.6. The molecule has 1 aromatic rings. The molecule has 1 unspecified atom stereocenters. The van der Waals surface area contributed by atoms with Crippen LogP contribution in [0.1, 0.15) is 44.2 Å². The summed E-state index contributed by atoms with van der Waals surface area (Å²) in [4.78, 5) is 16.8. The first-order valence-corrected chi connectivity index (χ1v) is 7.53. The van der Waals surface area contributed by atoms with Gasteiger partial charge in [0.25, 0.3) is 0 Å². The standard InChI is InChI=1S/C13H19N3OS.ClH/c1-13(5-2-6-14-8-13)11(17)16-12-15-10(7-18-12)9-3-4-9;/h7,9,14H,2-6,8H2,1H3,(H,15,16,17);1H. The van der Waals surface area contributed by atoms with Crippen molar-refractivity contribution >= 4 is 34.8 Å². The molecule has 2 aliphatic rings. The van der Waals surface area contributed by atoms with E-state index >= 15 is 0 Å². The fraction of sp³-hybridized carbons (Fsp3) is 0.692. The topological polar surface area (TPSA) is 54.0 Å². The molecule has 1 saturated carbocycles. The Morgan fingerprint density at radius 2 is 2.37 bits per heavy atom. The number of hydrogen-bond acceptors (Lipinski definition) is 4. The summed E-state index contributed by atoms with van der Waals surface area (Å²) in [5.41, 5.74) is 0.867. The van der Waals surface area contributed by atoms with Gasteiger partial charge >= 0.3 is 0 Å². The number of nitrogens with one attached hydrogen (secondary N) is 2. The minimum Gasteiger partial charge on any atom is -0.316 e. The molecule has 2 fully saturated rings. The molecule has 2 heterocycles. The van der Waals surface area contributed by atoms with Crippen LogP contribution in [0.3, 0.4) is 0 Å². The van der Waals surface area contributed by atoms with Crippen LogP contribution in [0, 0.1) is 5.41 Å². The summed E-state index contributed by atoms with van der Waals surface area (Å²) in [6, 6.07) is 0. The van der Waals surface area contributed by atoms with Crippen molar-refractivity contribution in [3.8, 4) is 0 Å². The molecular weight excluding hydrogens is 282 g/mol. The first-order valence-electron chi connectivity index (χ1n) is 6.65. The predicted molar refractivity (Wildman–Crippen MR) is 80.2 cm³/mol. The summed E-state index contributed by atoms with van der Waals surface area (Å²) < 4.78 is 0. The molecule has 1 aromatic heterocycles. The summed E-state index contributed by atoms with van der Waals surface area (Å²) in [6.45, 7) is 3.82. The minimum atomic E-state index is -0.288. The molecule has 19 heavy (non-hydrogen) atoms. The molecule has 0 bridgehead atoms. The average Bonchev–Trinajstić information content (AvgIpc) is 3.11. The predicted octanol–water partition coefficient (Wildman–Crippen LogP) is 2.77. The third-order valence-corrected chi connectivity index (χ3v) is 4.66.